The SMILES string of the molecule is C/C(O)=C\N1/C(=C(/O)C=O)C(=O)N(Cc2ccc(F)cc2)CN1Cc1ccc(F)cc1. The van der Waals surface area contributed by atoms with Crippen molar-refractivity contribution in [1.29, 1.82) is 0 Å². The molecule has 2 aromatic rings. The minimum atomic E-state index is -0.810. The van der Waals surface area contributed by atoms with Crippen molar-refractivity contribution in [3.63, 3.8) is 0 Å². The van der Waals surface area contributed by atoms with E-state index in [9.17, 15) is 28.6 Å². The molecule has 0 unspecified atom stereocenters. The molecule has 1 heterocycles. The third kappa shape index (κ3) is 5.26. The fourth-order valence-corrected chi connectivity index (χ4v) is 3.18. The highest BCUT2D eigenvalue weighted by atomic mass is 19.1. The van der Waals surface area contributed by atoms with Gasteiger partial charge >= 0.3 is 0 Å². The van der Waals surface area contributed by atoms with E-state index in [0.717, 1.165) is 0 Å². The van der Waals surface area contributed by atoms with E-state index in [-0.39, 0.29) is 37.5 Å². The molecule has 1 saturated heterocycles. The van der Waals surface area contributed by atoms with Gasteiger partial charge in [-0.15, -0.1) is 0 Å². The van der Waals surface area contributed by atoms with E-state index in [1.54, 1.807) is 17.1 Å². The van der Waals surface area contributed by atoms with Crippen molar-refractivity contribution in [2.24, 2.45) is 0 Å². The third-order valence-electron chi connectivity index (χ3n) is 4.59. The molecule has 31 heavy (non-hydrogen) atoms. The van der Waals surface area contributed by atoms with Gasteiger partial charge < -0.3 is 15.1 Å². The maximum atomic E-state index is 13.3. The monoisotopic (exact) mass is 429 g/mol. The Bertz CT molecular complexity index is 1020. The van der Waals surface area contributed by atoms with Crippen LogP contribution < -0.4 is 0 Å². The van der Waals surface area contributed by atoms with E-state index in [0.29, 0.717) is 11.1 Å². The maximum absolute atomic E-state index is 13.3. The summed E-state index contributed by atoms with van der Waals surface area (Å²) in [7, 11) is 0. The lowest BCUT2D eigenvalue weighted by atomic mass is 10.1. The second kappa shape index (κ2) is 9.40. The quantitative estimate of drug-likeness (QED) is 0.416. The first-order valence-corrected chi connectivity index (χ1v) is 9.36. The summed E-state index contributed by atoms with van der Waals surface area (Å²) in [5.74, 6) is -2.45. The summed E-state index contributed by atoms with van der Waals surface area (Å²) < 4.78 is 26.5. The number of hydrazine groups is 1. The van der Waals surface area contributed by atoms with E-state index >= 15 is 0 Å². The van der Waals surface area contributed by atoms with Crippen molar-refractivity contribution in [3.05, 3.63) is 94.7 Å². The Morgan fingerprint density at radius 1 is 0.968 bits per heavy atom. The number of hydrogen-bond donors (Lipinski definition) is 2. The third-order valence-corrected chi connectivity index (χ3v) is 4.59. The van der Waals surface area contributed by atoms with Gasteiger partial charge in [0.05, 0.1) is 12.9 Å². The number of carbonyl (C=O) groups excluding carboxylic acids is 2. The molecule has 1 aliphatic heterocycles. The summed E-state index contributed by atoms with van der Waals surface area (Å²) in [6, 6.07) is 11.3. The summed E-state index contributed by atoms with van der Waals surface area (Å²) in [6.45, 7) is 1.66. The van der Waals surface area contributed by atoms with Crippen LogP contribution in [0.2, 0.25) is 0 Å². The van der Waals surface area contributed by atoms with Crippen LogP contribution >= 0.6 is 0 Å². The van der Waals surface area contributed by atoms with Crippen molar-refractivity contribution >= 4 is 12.2 Å². The van der Waals surface area contributed by atoms with Crippen molar-refractivity contribution in [2.45, 2.75) is 20.0 Å². The van der Waals surface area contributed by atoms with Crippen molar-refractivity contribution in [1.82, 2.24) is 14.9 Å². The molecule has 0 bridgehead atoms. The molecule has 1 fully saturated rings. The van der Waals surface area contributed by atoms with Crippen molar-refractivity contribution in [3.8, 4) is 0 Å². The summed E-state index contributed by atoms with van der Waals surface area (Å²) in [5.41, 5.74) is 0.985. The lowest BCUT2D eigenvalue weighted by Crippen LogP contribution is -2.55. The molecule has 2 N–H and O–H groups in total. The van der Waals surface area contributed by atoms with Crippen LogP contribution in [0.5, 0.6) is 0 Å². The Balaban J connectivity index is 2.00. The Hall–Kier alpha value is -3.72. The van der Waals surface area contributed by atoms with Gasteiger partial charge in [-0.2, -0.15) is 5.01 Å². The second-order valence-corrected chi connectivity index (χ2v) is 7.03. The van der Waals surface area contributed by atoms with E-state index in [1.165, 1.54) is 59.4 Å². The fourth-order valence-electron chi connectivity index (χ4n) is 3.18. The minimum Gasteiger partial charge on any atom is -0.511 e. The number of nitrogens with zero attached hydrogens (tertiary/aromatic N) is 3. The predicted octanol–water partition coefficient (Wildman–Crippen LogP) is 3.37. The molecule has 162 valence electrons. The number of carbonyl (C=O) groups is 2. The highest BCUT2D eigenvalue weighted by Crippen LogP contribution is 2.26. The number of rotatable bonds is 6. The largest absolute Gasteiger partial charge is 0.511 e. The highest BCUT2D eigenvalue weighted by Gasteiger charge is 2.36. The van der Waals surface area contributed by atoms with Crippen molar-refractivity contribution in [2.75, 3.05) is 6.67 Å². The minimum absolute atomic E-state index is 0.0208. The fraction of sp³-hybridized carbons (Fsp3) is 0.182. The molecule has 9 heteroatoms. The number of aliphatic hydroxyl groups is 2. The molecule has 0 radical (unpaired) electrons. The van der Waals surface area contributed by atoms with Crippen LogP contribution in [0.1, 0.15) is 18.1 Å². The van der Waals surface area contributed by atoms with Gasteiger partial charge in [-0.3, -0.25) is 14.6 Å². The molecule has 0 aliphatic carbocycles. The molecule has 0 saturated carbocycles. The molecular formula is C22H21F2N3O4. The van der Waals surface area contributed by atoms with Gasteiger partial charge in [0.2, 0.25) is 0 Å². The van der Waals surface area contributed by atoms with Gasteiger partial charge in [0.1, 0.15) is 17.4 Å². The number of aliphatic hydroxyl groups excluding tert-OH is 2. The lowest BCUT2D eigenvalue weighted by molar-refractivity contribution is -0.148. The number of aldehydes is 1. The van der Waals surface area contributed by atoms with Crippen LogP contribution in [0.25, 0.3) is 0 Å². The van der Waals surface area contributed by atoms with E-state index < -0.39 is 23.3 Å². The van der Waals surface area contributed by atoms with Crippen LogP contribution in [-0.2, 0) is 22.7 Å². The van der Waals surface area contributed by atoms with Gasteiger partial charge in [0.15, 0.2) is 17.7 Å². The first kappa shape index (κ1) is 22.0. The number of benzene rings is 2. The highest BCUT2D eigenvalue weighted by molar-refractivity contribution is 5.98. The Morgan fingerprint density at radius 3 is 1.97 bits per heavy atom. The summed E-state index contributed by atoms with van der Waals surface area (Å²) >= 11 is 0. The molecule has 2 aromatic carbocycles. The van der Waals surface area contributed by atoms with Gasteiger partial charge in [-0.05, 0) is 42.3 Å². The van der Waals surface area contributed by atoms with E-state index in [1.807, 2.05) is 0 Å². The van der Waals surface area contributed by atoms with Crippen LogP contribution in [0.4, 0.5) is 8.78 Å². The van der Waals surface area contributed by atoms with E-state index in [2.05, 4.69) is 0 Å². The van der Waals surface area contributed by atoms with Gasteiger partial charge in [-0.25, -0.2) is 8.78 Å². The molecule has 7 nitrogen and oxygen atoms in total. The zero-order valence-electron chi connectivity index (χ0n) is 16.7. The molecule has 0 aromatic heterocycles. The predicted molar refractivity (Wildman–Crippen MR) is 108 cm³/mol. The summed E-state index contributed by atoms with van der Waals surface area (Å²) in [6.07, 6.45) is 1.34. The number of allylic oxidation sites excluding steroid dienone is 2. The van der Waals surface area contributed by atoms with Gasteiger partial charge in [0.25, 0.3) is 5.91 Å². The lowest BCUT2D eigenvalue weighted by Gasteiger charge is -2.44. The maximum Gasteiger partial charge on any atom is 0.277 e. The molecular weight excluding hydrogens is 408 g/mol. The van der Waals surface area contributed by atoms with Gasteiger partial charge in [-0.1, -0.05) is 24.3 Å². The van der Waals surface area contributed by atoms with Crippen LogP contribution in [-0.4, -0.2) is 44.0 Å². The summed E-state index contributed by atoms with van der Waals surface area (Å²) in [4.78, 5) is 25.7. The van der Waals surface area contributed by atoms with E-state index in [4.69, 9.17) is 0 Å². The van der Waals surface area contributed by atoms with Crippen LogP contribution in [0, 0.1) is 11.6 Å². The van der Waals surface area contributed by atoms with Crippen LogP contribution in [0.15, 0.2) is 71.9 Å². The van der Waals surface area contributed by atoms with Gasteiger partial charge in [0, 0.05) is 13.1 Å². The second-order valence-electron chi connectivity index (χ2n) is 7.03. The molecule has 1 aliphatic rings. The molecule has 0 spiro atoms. The molecule has 3 rings (SSSR count). The first-order valence-electron chi connectivity index (χ1n) is 9.36. The van der Waals surface area contributed by atoms with Crippen molar-refractivity contribution < 1.29 is 28.6 Å². The Labute approximate surface area is 177 Å². The number of hydrogen-bond acceptors (Lipinski definition) is 6. The zero-order valence-corrected chi connectivity index (χ0v) is 16.7. The summed E-state index contributed by atoms with van der Waals surface area (Å²) in [5, 5.41) is 22.8. The van der Waals surface area contributed by atoms with Crippen LogP contribution in [0.3, 0.4) is 0 Å². The Morgan fingerprint density at radius 2 is 1.48 bits per heavy atom. The average Bonchev–Trinajstić information content (AvgIpc) is 2.73. The zero-order chi connectivity index (χ0) is 22.5. The smallest absolute Gasteiger partial charge is 0.277 e. The number of halogens is 2. The average molecular weight is 429 g/mol. The Kier molecular flexibility index (Phi) is 6.66. The molecule has 0 atom stereocenters. The normalized spacial score (nSPS) is 17.1. The standard InChI is InChI=1S/C22H21F2N3O4/c1-15(29)10-27-21(20(30)13-28)22(31)25(11-16-2-6-18(23)7-3-16)14-26(27)12-17-4-8-19(24)9-5-17/h2-10,13,29-30H,11-12,14H2,1H3/b15-10+,21-20+. The first-order chi connectivity index (χ1) is 14.8. The topological polar surface area (TPSA) is 84.3 Å². The number of amides is 1. The molecule has 1 amide bonds.